The van der Waals surface area contributed by atoms with Crippen LogP contribution in [0.25, 0.3) is 0 Å². The highest BCUT2D eigenvalue weighted by molar-refractivity contribution is 5.67. The number of piperidine rings is 1. The van der Waals surface area contributed by atoms with E-state index in [1.807, 2.05) is 0 Å². The Morgan fingerprint density at radius 2 is 2.33 bits per heavy atom. The van der Waals surface area contributed by atoms with E-state index in [4.69, 9.17) is 5.11 Å². The normalized spacial score (nSPS) is 37.3. The van der Waals surface area contributed by atoms with Crippen LogP contribution in [0.4, 0.5) is 0 Å². The van der Waals surface area contributed by atoms with E-state index in [2.05, 4.69) is 17.1 Å². The summed E-state index contributed by atoms with van der Waals surface area (Å²) in [6.45, 7) is 4.25. The second kappa shape index (κ2) is 4.49. The third-order valence-corrected chi connectivity index (χ3v) is 3.79. The molecule has 15 heavy (non-hydrogen) atoms. The molecule has 2 heterocycles. The molecule has 0 spiro atoms. The van der Waals surface area contributed by atoms with Crippen LogP contribution in [0.5, 0.6) is 0 Å². The summed E-state index contributed by atoms with van der Waals surface area (Å²) in [5.74, 6) is -0.699. The highest BCUT2D eigenvalue weighted by Crippen LogP contribution is 2.24. The zero-order valence-electron chi connectivity index (χ0n) is 9.28. The summed E-state index contributed by atoms with van der Waals surface area (Å²) in [4.78, 5) is 13.2. The Labute approximate surface area is 90.6 Å². The highest BCUT2D eigenvalue weighted by Gasteiger charge is 2.35. The molecule has 4 nitrogen and oxygen atoms in total. The van der Waals surface area contributed by atoms with E-state index in [0.717, 1.165) is 13.1 Å². The molecular formula is C11H20N2O2. The molecule has 2 rings (SSSR count). The zero-order valence-corrected chi connectivity index (χ0v) is 9.28. The van der Waals surface area contributed by atoms with Gasteiger partial charge in [0.25, 0.3) is 0 Å². The number of carboxylic acid groups (broad SMARTS) is 1. The third-order valence-electron chi connectivity index (χ3n) is 3.79. The number of rotatable bonds is 2. The van der Waals surface area contributed by atoms with Crippen LogP contribution in [0.15, 0.2) is 0 Å². The molecule has 0 radical (unpaired) electrons. The van der Waals surface area contributed by atoms with Gasteiger partial charge in [0.2, 0.25) is 0 Å². The van der Waals surface area contributed by atoms with Crippen molar-refractivity contribution in [1.82, 2.24) is 10.2 Å². The number of fused-ring (bicyclic) bond motifs is 1. The minimum atomic E-state index is -0.699. The minimum absolute atomic E-state index is 0.122. The first-order chi connectivity index (χ1) is 7.18. The van der Waals surface area contributed by atoms with Crippen molar-refractivity contribution >= 4 is 5.97 Å². The van der Waals surface area contributed by atoms with Crippen molar-refractivity contribution in [2.75, 3.05) is 13.1 Å². The lowest BCUT2D eigenvalue weighted by atomic mass is 9.92. The molecule has 0 bridgehead atoms. The molecule has 0 amide bonds. The topological polar surface area (TPSA) is 52.6 Å². The molecule has 2 N–H and O–H groups in total. The van der Waals surface area contributed by atoms with Gasteiger partial charge in [-0.15, -0.1) is 0 Å². The van der Waals surface area contributed by atoms with Crippen LogP contribution in [0.3, 0.4) is 0 Å². The van der Waals surface area contributed by atoms with Crippen molar-refractivity contribution in [2.24, 2.45) is 0 Å². The average molecular weight is 212 g/mol. The van der Waals surface area contributed by atoms with Crippen molar-refractivity contribution in [3.8, 4) is 0 Å². The van der Waals surface area contributed by atoms with E-state index in [0.29, 0.717) is 12.1 Å². The van der Waals surface area contributed by atoms with Gasteiger partial charge in [0.15, 0.2) is 0 Å². The molecule has 4 heteroatoms. The number of nitrogens with zero attached hydrogens (tertiary/aromatic N) is 1. The molecule has 0 aliphatic carbocycles. The molecule has 2 aliphatic heterocycles. The van der Waals surface area contributed by atoms with Gasteiger partial charge in [0.1, 0.15) is 0 Å². The van der Waals surface area contributed by atoms with Crippen molar-refractivity contribution < 1.29 is 9.90 Å². The Morgan fingerprint density at radius 1 is 1.53 bits per heavy atom. The van der Waals surface area contributed by atoms with Crippen molar-refractivity contribution in [1.29, 1.82) is 0 Å². The van der Waals surface area contributed by atoms with E-state index in [-0.39, 0.29) is 12.5 Å². The Kier molecular flexibility index (Phi) is 3.26. The minimum Gasteiger partial charge on any atom is -0.481 e. The number of hydrogen-bond donors (Lipinski definition) is 2. The van der Waals surface area contributed by atoms with Crippen LogP contribution in [-0.4, -0.2) is 47.2 Å². The molecule has 2 aliphatic rings. The quantitative estimate of drug-likeness (QED) is 0.706. The van der Waals surface area contributed by atoms with E-state index in [9.17, 15) is 4.79 Å². The number of carbonyl (C=O) groups is 1. The maximum Gasteiger partial charge on any atom is 0.304 e. The lowest BCUT2D eigenvalue weighted by Crippen LogP contribution is -2.63. The van der Waals surface area contributed by atoms with Gasteiger partial charge < -0.3 is 10.4 Å². The van der Waals surface area contributed by atoms with Crippen LogP contribution in [0.2, 0.25) is 0 Å². The molecule has 0 aromatic carbocycles. The second-order valence-electron chi connectivity index (χ2n) is 4.74. The Balaban J connectivity index is 1.98. The van der Waals surface area contributed by atoms with Crippen molar-refractivity contribution in [3.05, 3.63) is 0 Å². The molecular weight excluding hydrogens is 192 g/mol. The van der Waals surface area contributed by atoms with Gasteiger partial charge in [-0.3, -0.25) is 9.69 Å². The molecule has 3 unspecified atom stereocenters. The maximum absolute atomic E-state index is 10.7. The molecule has 0 aromatic heterocycles. The van der Waals surface area contributed by atoms with E-state index in [1.165, 1.54) is 19.3 Å². The Hall–Kier alpha value is -0.610. The fourth-order valence-electron chi connectivity index (χ4n) is 2.90. The number of piperazine rings is 1. The van der Waals surface area contributed by atoms with Gasteiger partial charge in [0.05, 0.1) is 6.42 Å². The van der Waals surface area contributed by atoms with Crippen LogP contribution < -0.4 is 5.32 Å². The number of hydrogen-bond acceptors (Lipinski definition) is 3. The predicted octanol–water partition coefficient (Wildman–Crippen LogP) is 0.676. The summed E-state index contributed by atoms with van der Waals surface area (Å²) in [6, 6.07) is 1.12. The fourth-order valence-corrected chi connectivity index (χ4v) is 2.90. The maximum atomic E-state index is 10.7. The lowest BCUT2D eigenvalue weighted by Gasteiger charge is -2.47. The van der Waals surface area contributed by atoms with Crippen LogP contribution in [-0.2, 0) is 4.79 Å². The van der Waals surface area contributed by atoms with Gasteiger partial charge in [0, 0.05) is 24.7 Å². The van der Waals surface area contributed by atoms with Crippen LogP contribution in [0, 0.1) is 0 Å². The standard InChI is InChI=1S/C11H20N2O2/c1-8-10(6-11(14)15)12-7-9-4-2-3-5-13(8)9/h8-10,12H,2-7H2,1H3,(H,14,15). The molecule has 0 aromatic rings. The Morgan fingerprint density at radius 3 is 3.07 bits per heavy atom. The summed E-state index contributed by atoms with van der Waals surface area (Å²) in [5.41, 5.74) is 0. The highest BCUT2D eigenvalue weighted by atomic mass is 16.4. The largest absolute Gasteiger partial charge is 0.481 e. The SMILES string of the molecule is CC1C(CC(=O)O)NCC2CCCCN21. The van der Waals surface area contributed by atoms with E-state index < -0.39 is 5.97 Å². The Bertz CT molecular complexity index is 245. The van der Waals surface area contributed by atoms with E-state index in [1.54, 1.807) is 0 Å². The monoisotopic (exact) mass is 212 g/mol. The zero-order chi connectivity index (χ0) is 10.8. The van der Waals surface area contributed by atoms with Crippen LogP contribution >= 0.6 is 0 Å². The first-order valence-electron chi connectivity index (χ1n) is 5.89. The molecule has 86 valence electrons. The molecule has 2 saturated heterocycles. The predicted molar refractivity (Wildman–Crippen MR) is 57.9 cm³/mol. The number of carboxylic acids is 1. The van der Waals surface area contributed by atoms with Gasteiger partial charge in [-0.25, -0.2) is 0 Å². The summed E-state index contributed by atoms with van der Waals surface area (Å²) < 4.78 is 0. The summed E-state index contributed by atoms with van der Waals surface area (Å²) in [5, 5.41) is 12.2. The van der Waals surface area contributed by atoms with E-state index >= 15 is 0 Å². The second-order valence-corrected chi connectivity index (χ2v) is 4.74. The van der Waals surface area contributed by atoms with Gasteiger partial charge in [-0.05, 0) is 26.3 Å². The number of nitrogens with one attached hydrogen (secondary N) is 1. The first kappa shape index (κ1) is 10.9. The molecule has 3 atom stereocenters. The summed E-state index contributed by atoms with van der Waals surface area (Å²) in [7, 11) is 0. The third kappa shape index (κ3) is 2.32. The summed E-state index contributed by atoms with van der Waals surface area (Å²) in [6.07, 6.45) is 4.08. The van der Waals surface area contributed by atoms with Crippen LogP contribution in [0.1, 0.15) is 32.6 Å². The van der Waals surface area contributed by atoms with Gasteiger partial charge in [-0.2, -0.15) is 0 Å². The average Bonchev–Trinajstić information content (AvgIpc) is 2.22. The van der Waals surface area contributed by atoms with Crippen molar-refractivity contribution in [3.63, 3.8) is 0 Å². The lowest BCUT2D eigenvalue weighted by molar-refractivity contribution is -0.138. The van der Waals surface area contributed by atoms with Crippen molar-refractivity contribution in [2.45, 2.75) is 50.7 Å². The van der Waals surface area contributed by atoms with Gasteiger partial charge in [-0.1, -0.05) is 6.42 Å². The number of aliphatic carboxylic acids is 1. The van der Waals surface area contributed by atoms with Gasteiger partial charge >= 0.3 is 5.97 Å². The summed E-state index contributed by atoms with van der Waals surface area (Å²) >= 11 is 0. The first-order valence-corrected chi connectivity index (χ1v) is 5.89. The smallest absolute Gasteiger partial charge is 0.304 e. The molecule has 0 saturated carbocycles. The fraction of sp³-hybridized carbons (Fsp3) is 0.909. The molecule has 2 fully saturated rings.